The molecule has 0 amide bonds. The van der Waals surface area contributed by atoms with Crippen LogP contribution >= 0.6 is 0 Å². The van der Waals surface area contributed by atoms with Crippen LogP contribution < -0.4 is 0 Å². The normalized spacial score (nSPS) is 30.7. The van der Waals surface area contributed by atoms with Gasteiger partial charge in [0.25, 0.3) is 0 Å². The molecular formula is C26H46O4. The number of unbranched alkanes of at least 4 members (excludes halogenated alkanes) is 5. The third-order valence-corrected chi connectivity index (χ3v) is 7.76. The number of hydrogen-bond acceptors (Lipinski definition) is 3. The van der Waals surface area contributed by atoms with Crippen LogP contribution in [0.3, 0.4) is 0 Å². The van der Waals surface area contributed by atoms with Gasteiger partial charge in [-0.25, -0.2) is 0 Å². The van der Waals surface area contributed by atoms with E-state index in [1.165, 1.54) is 83.5 Å². The minimum atomic E-state index is -0.648. The molecule has 0 radical (unpaired) electrons. The SMILES string of the molecule is CCCCCCCCC1OC1CCC(C)CC1OC1C(CC1CCCCC1)C(=O)O. The van der Waals surface area contributed by atoms with E-state index in [0.29, 0.717) is 24.0 Å². The Morgan fingerprint density at radius 1 is 0.900 bits per heavy atom. The van der Waals surface area contributed by atoms with Crippen LogP contribution in [0.25, 0.3) is 0 Å². The van der Waals surface area contributed by atoms with Crippen LogP contribution in [-0.4, -0.2) is 35.5 Å². The van der Waals surface area contributed by atoms with Crippen LogP contribution in [0.2, 0.25) is 0 Å². The van der Waals surface area contributed by atoms with Crippen LogP contribution in [-0.2, 0) is 14.3 Å². The smallest absolute Gasteiger partial charge is 0.309 e. The summed E-state index contributed by atoms with van der Waals surface area (Å²) in [5, 5.41) is 9.71. The van der Waals surface area contributed by atoms with Gasteiger partial charge in [-0.3, -0.25) is 4.79 Å². The minimum Gasteiger partial charge on any atom is -0.481 e. The standard InChI is InChI=1S/C26H46O4/c1-3-4-5-6-7-11-14-22-23(29-22)16-15-19(2)17-24-25(30-24)21(26(27)28)18-20-12-9-8-10-13-20/h19-25H,3-18H2,1-2H3,(H,27,28). The molecule has 4 heteroatoms. The molecule has 4 nitrogen and oxygen atoms in total. The molecule has 1 saturated carbocycles. The summed E-state index contributed by atoms with van der Waals surface area (Å²) < 4.78 is 11.8. The third kappa shape index (κ3) is 8.15. The Morgan fingerprint density at radius 3 is 2.33 bits per heavy atom. The second kappa shape index (κ2) is 12.4. The van der Waals surface area contributed by atoms with Gasteiger partial charge in [-0.15, -0.1) is 0 Å². The molecule has 6 atom stereocenters. The molecule has 174 valence electrons. The molecule has 2 aliphatic heterocycles. The van der Waals surface area contributed by atoms with Gasteiger partial charge >= 0.3 is 5.97 Å². The first-order valence-electron chi connectivity index (χ1n) is 13.1. The summed E-state index contributed by atoms with van der Waals surface area (Å²) in [7, 11) is 0. The van der Waals surface area contributed by atoms with Crippen molar-refractivity contribution in [2.45, 2.75) is 141 Å². The third-order valence-electron chi connectivity index (χ3n) is 7.76. The van der Waals surface area contributed by atoms with Crippen molar-refractivity contribution in [3.05, 3.63) is 0 Å². The van der Waals surface area contributed by atoms with Crippen molar-refractivity contribution in [1.82, 2.24) is 0 Å². The molecule has 2 heterocycles. The molecule has 0 aromatic carbocycles. The first-order chi connectivity index (χ1) is 14.6. The summed E-state index contributed by atoms with van der Waals surface area (Å²) in [6, 6.07) is 0. The first kappa shape index (κ1) is 24.0. The van der Waals surface area contributed by atoms with Gasteiger partial charge in [0.2, 0.25) is 0 Å². The number of ether oxygens (including phenoxy) is 2. The first-order valence-corrected chi connectivity index (χ1v) is 13.1. The average Bonchev–Trinajstić information content (AvgIpc) is 3.65. The number of carboxylic acid groups (broad SMARTS) is 1. The summed E-state index contributed by atoms with van der Waals surface area (Å²) in [5.74, 6) is 0.240. The quantitative estimate of drug-likeness (QED) is 0.221. The summed E-state index contributed by atoms with van der Waals surface area (Å²) >= 11 is 0. The van der Waals surface area contributed by atoms with E-state index in [0.717, 1.165) is 19.3 Å². The van der Waals surface area contributed by atoms with E-state index < -0.39 is 5.97 Å². The zero-order chi connectivity index (χ0) is 21.3. The van der Waals surface area contributed by atoms with Crippen LogP contribution in [0.4, 0.5) is 0 Å². The highest BCUT2D eigenvalue weighted by Gasteiger charge is 2.49. The van der Waals surface area contributed by atoms with Gasteiger partial charge in [0.05, 0.1) is 30.3 Å². The average molecular weight is 423 g/mol. The van der Waals surface area contributed by atoms with Gasteiger partial charge in [-0.2, -0.15) is 0 Å². The summed E-state index contributed by atoms with van der Waals surface area (Å²) in [6.45, 7) is 4.56. The highest BCUT2D eigenvalue weighted by atomic mass is 16.6. The van der Waals surface area contributed by atoms with Crippen molar-refractivity contribution in [3.63, 3.8) is 0 Å². The lowest BCUT2D eigenvalue weighted by Gasteiger charge is -2.24. The lowest BCUT2D eigenvalue weighted by Crippen LogP contribution is -2.25. The molecule has 0 bridgehead atoms. The summed E-state index contributed by atoms with van der Waals surface area (Å²) in [4.78, 5) is 11.8. The number of carbonyl (C=O) groups is 1. The molecule has 0 spiro atoms. The van der Waals surface area contributed by atoms with Crippen LogP contribution in [0, 0.1) is 17.8 Å². The molecule has 0 aromatic heterocycles. The zero-order valence-corrected chi connectivity index (χ0v) is 19.5. The maximum atomic E-state index is 11.8. The fraction of sp³-hybridized carbons (Fsp3) is 0.962. The molecule has 0 aromatic rings. The van der Waals surface area contributed by atoms with E-state index in [9.17, 15) is 9.90 Å². The molecular weight excluding hydrogens is 376 g/mol. The Morgan fingerprint density at radius 2 is 1.60 bits per heavy atom. The molecule has 1 N–H and O–H groups in total. The Hall–Kier alpha value is -0.610. The summed E-state index contributed by atoms with van der Waals surface area (Å²) in [6.07, 6.45) is 20.9. The van der Waals surface area contributed by atoms with Crippen molar-refractivity contribution in [2.24, 2.45) is 17.8 Å². The Labute approximate surface area is 184 Å². The monoisotopic (exact) mass is 422 g/mol. The van der Waals surface area contributed by atoms with Gasteiger partial charge in [-0.1, -0.05) is 84.5 Å². The molecule has 3 rings (SSSR count). The molecule has 6 unspecified atom stereocenters. The lowest BCUT2D eigenvalue weighted by atomic mass is 9.81. The number of epoxide rings is 2. The van der Waals surface area contributed by atoms with Crippen molar-refractivity contribution < 1.29 is 19.4 Å². The van der Waals surface area contributed by atoms with Gasteiger partial charge in [0, 0.05) is 0 Å². The predicted molar refractivity (Wildman–Crippen MR) is 121 cm³/mol. The molecule has 2 saturated heterocycles. The Kier molecular flexibility index (Phi) is 9.96. The topological polar surface area (TPSA) is 62.4 Å². The number of rotatable bonds is 16. The van der Waals surface area contributed by atoms with Crippen molar-refractivity contribution in [3.8, 4) is 0 Å². The second-order valence-electron chi connectivity index (χ2n) is 10.5. The molecule has 3 aliphatic rings. The second-order valence-corrected chi connectivity index (χ2v) is 10.5. The number of aliphatic carboxylic acids is 1. The van der Waals surface area contributed by atoms with E-state index in [4.69, 9.17) is 9.47 Å². The minimum absolute atomic E-state index is 0.0375. The van der Waals surface area contributed by atoms with Crippen LogP contribution in [0.5, 0.6) is 0 Å². The fourth-order valence-corrected chi connectivity index (χ4v) is 5.63. The number of hydrogen-bond donors (Lipinski definition) is 1. The largest absolute Gasteiger partial charge is 0.481 e. The highest BCUT2D eigenvalue weighted by molar-refractivity contribution is 5.71. The van der Waals surface area contributed by atoms with E-state index in [1.54, 1.807) is 0 Å². The van der Waals surface area contributed by atoms with Crippen LogP contribution in [0.1, 0.15) is 117 Å². The maximum absolute atomic E-state index is 11.8. The fourth-order valence-electron chi connectivity index (χ4n) is 5.63. The van der Waals surface area contributed by atoms with Gasteiger partial charge in [-0.05, 0) is 43.9 Å². The van der Waals surface area contributed by atoms with Crippen molar-refractivity contribution in [1.29, 1.82) is 0 Å². The van der Waals surface area contributed by atoms with E-state index >= 15 is 0 Å². The summed E-state index contributed by atoms with van der Waals surface area (Å²) in [5.41, 5.74) is 0. The van der Waals surface area contributed by atoms with Crippen LogP contribution in [0.15, 0.2) is 0 Å². The highest BCUT2D eigenvalue weighted by Crippen LogP contribution is 2.41. The molecule has 3 fully saturated rings. The molecule has 1 aliphatic carbocycles. The van der Waals surface area contributed by atoms with Gasteiger partial charge < -0.3 is 14.6 Å². The predicted octanol–water partition coefficient (Wildman–Crippen LogP) is 6.75. The lowest BCUT2D eigenvalue weighted by molar-refractivity contribution is -0.143. The Balaban J connectivity index is 1.24. The zero-order valence-electron chi connectivity index (χ0n) is 19.5. The van der Waals surface area contributed by atoms with Crippen molar-refractivity contribution in [2.75, 3.05) is 0 Å². The van der Waals surface area contributed by atoms with Gasteiger partial charge in [0.1, 0.15) is 0 Å². The maximum Gasteiger partial charge on any atom is 0.309 e. The van der Waals surface area contributed by atoms with E-state index in [-0.39, 0.29) is 18.1 Å². The molecule has 30 heavy (non-hydrogen) atoms. The van der Waals surface area contributed by atoms with E-state index in [2.05, 4.69) is 13.8 Å². The van der Waals surface area contributed by atoms with Gasteiger partial charge in [0.15, 0.2) is 0 Å². The number of carboxylic acids is 1. The Bertz CT molecular complexity index is 501. The van der Waals surface area contributed by atoms with Crippen molar-refractivity contribution >= 4 is 5.97 Å². The van der Waals surface area contributed by atoms with E-state index in [1.807, 2.05) is 0 Å².